The number of anilines is 1. The first-order valence-corrected chi connectivity index (χ1v) is 12.2. The summed E-state index contributed by atoms with van der Waals surface area (Å²) in [5.74, 6) is -2.25. The largest absolute Gasteiger partial charge is 0.478 e. The number of nitrogens with zero attached hydrogens (tertiary/aromatic N) is 7. The predicted molar refractivity (Wildman–Crippen MR) is 144 cm³/mol. The topological polar surface area (TPSA) is 169 Å². The van der Waals surface area contributed by atoms with Gasteiger partial charge < -0.3 is 10.4 Å². The van der Waals surface area contributed by atoms with E-state index in [0.717, 1.165) is 5.56 Å². The van der Waals surface area contributed by atoms with Crippen LogP contribution in [0.15, 0.2) is 79.3 Å². The van der Waals surface area contributed by atoms with E-state index < -0.39 is 23.8 Å². The predicted octanol–water partition coefficient (Wildman–Crippen LogP) is 2.44. The third-order valence-electron chi connectivity index (χ3n) is 5.73. The maximum absolute atomic E-state index is 13.3. The minimum atomic E-state index is -1.12. The van der Waals surface area contributed by atoms with Gasteiger partial charge in [0.15, 0.2) is 5.65 Å². The summed E-state index contributed by atoms with van der Waals surface area (Å²) in [6.07, 6.45) is 5.71. The Hall–Kier alpha value is -5.43. The van der Waals surface area contributed by atoms with Gasteiger partial charge in [0.2, 0.25) is 17.8 Å². The quantitative estimate of drug-likeness (QED) is 0.230. The van der Waals surface area contributed by atoms with Gasteiger partial charge in [-0.1, -0.05) is 41.9 Å². The smallest absolute Gasteiger partial charge is 0.337 e. The van der Waals surface area contributed by atoms with E-state index in [0.29, 0.717) is 21.9 Å². The Bertz CT molecular complexity index is 1720. The minimum Gasteiger partial charge on any atom is -0.478 e. The van der Waals surface area contributed by atoms with Gasteiger partial charge in [0.1, 0.15) is 12.4 Å². The number of carboxylic acids is 1. The average Bonchev–Trinajstić information content (AvgIpc) is 3.61. The molecule has 13 nitrogen and oxygen atoms in total. The number of tetrazole rings is 1. The third-order valence-corrected chi connectivity index (χ3v) is 5.96. The second kappa shape index (κ2) is 11.5. The highest BCUT2D eigenvalue weighted by Gasteiger charge is 2.22. The Kier molecular flexibility index (Phi) is 7.55. The number of halogens is 1. The Labute approximate surface area is 231 Å². The zero-order valence-electron chi connectivity index (χ0n) is 20.5. The molecule has 3 N–H and O–H groups in total. The molecule has 2 amide bonds. The standard InChI is InChI=1S/C26H20ClN9O4/c27-19-8-9-21(36-15-28-33-34-36)17(13-19)7-11-23(37)29-20(12-16-4-2-1-3-5-16)24(38)31-26-30-22-10-6-18(25(39)40)14-35(22)32-26/h1-11,13-15,20H,12H2,(H,29,37)(H,39,40)(H,31,32,38). The first-order chi connectivity index (χ1) is 19.4. The molecule has 5 rings (SSSR count). The highest BCUT2D eigenvalue weighted by atomic mass is 35.5. The van der Waals surface area contributed by atoms with Gasteiger partial charge in [-0.15, -0.1) is 10.2 Å². The first-order valence-electron chi connectivity index (χ1n) is 11.8. The van der Waals surface area contributed by atoms with E-state index in [1.807, 2.05) is 30.3 Å². The summed E-state index contributed by atoms with van der Waals surface area (Å²) in [5.41, 5.74) is 2.34. The molecular formula is C26H20ClN9O4. The number of rotatable bonds is 9. The summed E-state index contributed by atoms with van der Waals surface area (Å²) >= 11 is 6.15. The molecule has 3 heterocycles. The number of benzene rings is 2. The highest BCUT2D eigenvalue weighted by molar-refractivity contribution is 6.30. The van der Waals surface area contributed by atoms with E-state index in [2.05, 4.69) is 36.2 Å². The Morgan fingerprint density at radius 2 is 1.90 bits per heavy atom. The Morgan fingerprint density at radius 1 is 1.07 bits per heavy atom. The molecule has 0 saturated carbocycles. The lowest BCUT2D eigenvalue weighted by Gasteiger charge is -2.17. The van der Waals surface area contributed by atoms with Gasteiger partial charge in [0, 0.05) is 29.3 Å². The van der Waals surface area contributed by atoms with Gasteiger partial charge in [-0.3, -0.25) is 14.9 Å². The van der Waals surface area contributed by atoms with Crippen LogP contribution < -0.4 is 10.6 Å². The molecule has 3 aromatic heterocycles. The van der Waals surface area contributed by atoms with Crippen LogP contribution in [0.1, 0.15) is 21.5 Å². The number of carbonyl (C=O) groups excluding carboxylic acids is 2. The molecule has 0 aliphatic carbocycles. The summed E-state index contributed by atoms with van der Waals surface area (Å²) in [6, 6.07) is 16.1. The fourth-order valence-corrected chi connectivity index (χ4v) is 4.02. The molecule has 0 aliphatic heterocycles. The van der Waals surface area contributed by atoms with Crippen molar-refractivity contribution in [2.75, 3.05) is 5.32 Å². The van der Waals surface area contributed by atoms with Crippen LogP contribution in [0.3, 0.4) is 0 Å². The summed E-state index contributed by atoms with van der Waals surface area (Å²) in [7, 11) is 0. The van der Waals surface area contributed by atoms with E-state index in [1.165, 1.54) is 39.9 Å². The van der Waals surface area contributed by atoms with Crippen LogP contribution in [0, 0.1) is 0 Å². The summed E-state index contributed by atoms with van der Waals surface area (Å²) in [4.78, 5) is 41.7. The number of aromatic nitrogens is 7. The van der Waals surface area contributed by atoms with Crippen LogP contribution in [-0.4, -0.2) is 63.7 Å². The fraction of sp³-hybridized carbons (Fsp3) is 0.0769. The molecular weight excluding hydrogens is 538 g/mol. The van der Waals surface area contributed by atoms with E-state index in [4.69, 9.17) is 11.6 Å². The summed E-state index contributed by atoms with van der Waals surface area (Å²) in [5, 5.41) is 30.2. The number of aromatic carboxylic acids is 1. The molecule has 2 aromatic carbocycles. The maximum Gasteiger partial charge on any atom is 0.337 e. The van der Waals surface area contributed by atoms with E-state index in [9.17, 15) is 19.5 Å². The van der Waals surface area contributed by atoms with Crippen molar-refractivity contribution in [3.63, 3.8) is 0 Å². The first kappa shape index (κ1) is 26.2. The van der Waals surface area contributed by atoms with Gasteiger partial charge in [0.25, 0.3) is 0 Å². The third kappa shape index (κ3) is 6.16. The van der Waals surface area contributed by atoms with Crippen LogP contribution in [0.2, 0.25) is 5.02 Å². The van der Waals surface area contributed by atoms with Gasteiger partial charge in [-0.25, -0.2) is 9.31 Å². The number of amides is 2. The second-order valence-electron chi connectivity index (χ2n) is 8.49. The fourth-order valence-electron chi connectivity index (χ4n) is 3.84. The maximum atomic E-state index is 13.3. The number of hydrogen-bond acceptors (Lipinski definition) is 8. The van der Waals surface area contributed by atoms with Crippen molar-refractivity contribution < 1.29 is 19.5 Å². The van der Waals surface area contributed by atoms with Gasteiger partial charge >= 0.3 is 5.97 Å². The highest BCUT2D eigenvalue weighted by Crippen LogP contribution is 2.20. The molecule has 1 atom stereocenters. The number of nitrogens with one attached hydrogen (secondary N) is 2. The van der Waals surface area contributed by atoms with E-state index in [1.54, 1.807) is 24.3 Å². The minimum absolute atomic E-state index is 0.0132. The van der Waals surface area contributed by atoms with Crippen molar-refractivity contribution in [1.29, 1.82) is 0 Å². The van der Waals surface area contributed by atoms with Crippen molar-refractivity contribution in [3.8, 4) is 5.69 Å². The van der Waals surface area contributed by atoms with Gasteiger partial charge in [-0.2, -0.15) is 9.67 Å². The van der Waals surface area contributed by atoms with E-state index >= 15 is 0 Å². The molecule has 0 spiro atoms. The van der Waals surface area contributed by atoms with Crippen LogP contribution >= 0.6 is 11.6 Å². The number of pyridine rings is 1. The van der Waals surface area contributed by atoms with Crippen LogP contribution in [0.25, 0.3) is 17.4 Å². The average molecular weight is 558 g/mol. The lowest BCUT2D eigenvalue weighted by molar-refractivity contribution is -0.123. The molecule has 14 heteroatoms. The lowest BCUT2D eigenvalue weighted by atomic mass is 10.1. The van der Waals surface area contributed by atoms with Crippen molar-refractivity contribution in [3.05, 3.63) is 101 Å². The van der Waals surface area contributed by atoms with Crippen molar-refractivity contribution in [2.45, 2.75) is 12.5 Å². The monoisotopic (exact) mass is 557 g/mol. The zero-order valence-corrected chi connectivity index (χ0v) is 21.3. The molecule has 0 saturated heterocycles. The van der Waals surface area contributed by atoms with Crippen LogP contribution in [0.4, 0.5) is 5.95 Å². The molecule has 0 aliphatic rings. The molecule has 0 fully saturated rings. The molecule has 0 radical (unpaired) electrons. The molecule has 200 valence electrons. The zero-order chi connectivity index (χ0) is 28.1. The number of carbonyl (C=O) groups is 3. The molecule has 40 heavy (non-hydrogen) atoms. The number of fused-ring (bicyclic) bond motifs is 1. The summed E-state index contributed by atoms with van der Waals surface area (Å²) < 4.78 is 2.68. The lowest BCUT2D eigenvalue weighted by Crippen LogP contribution is -2.44. The second-order valence-corrected chi connectivity index (χ2v) is 8.93. The number of carboxylic acid groups (broad SMARTS) is 1. The molecule has 0 bridgehead atoms. The van der Waals surface area contributed by atoms with Crippen LogP contribution in [0.5, 0.6) is 0 Å². The summed E-state index contributed by atoms with van der Waals surface area (Å²) in [6.45, 7) is 0. The molecule has 1 unspecified atom stereocenters. The Morgan fingerprint density at radius 3 is 2.65 bits per heavy atom. The van der Waals surface area contributed by atoms with Crippen LogP contribution in [-0.2, 0) is 16.0 Å². The van der Waals surface area contributed by atoms with Crippen molar-refractivity contribution in [1.82, 2.24) is 40.1 Å². The number of hydrogen-bond donors (Lipinski definition) is 3. The van der Waals surface area contributed by atoms with Gasteiger partial charge in [-0.05, 0) is 52.4 Å². The normalized spacial score (nSPS) is 11.9. The Balaban J connectivity index is 1.35. The van der Waals surface area contributed by atoms with E-state index in [-0.39, 0.29) is 17.9 Å². The van der Waals surface area contributed by atoms with Crippen molar-refractivity contribution in [2.24, 2.45) is 0 Å². The van der Waals surface area contributed by atoms with Crippen molar-refractivity contribution >= 4 is 47.1 Å². The SMILES string of the molecule is O=C(C=Cc1cc(Cl)ccc1-n1cnnn1)NC(Cc1ccccc1)C(=O)Nc1nc2ccc(C(=O)O)cn2n1. The molecule has 5 aromatic rings. The van der Waals surface area contributed by atoms with Gasteiger partial charge in [0.05, 0.1) is 11.3 Å².